The van der Waals surface area contributed by atoms with Crippen LogP contribution in [0.25, 0.3) is 0 Å². The van der Waals surface area contributed by atoms with Crippen LogP contribution in [-0.4, -0.2) is 43.1 Å². The Morgan fingerprint density at radius 1 is 1.31 bits per heavy atom. The minimum Gasteiger partial charge on any atom is -0.354 e. The second-order valence-electron chi connectivity index (χ2n) is 4.46. The molecule has 2 heterocycles. The van der Waals surface area contributed by atoms with Gasteiger partial charge in [-0.15, -0.1) is 0 Å². The highest BCUT2D eigenvalue weighted by molar-refractivity contribution is 5.43. The Morgan fingerprint density at radius 2 is 2.00 bits per heavy atom. The Balaban J connectivity index is 2.12. The molecule has 0 bridgehead atoms. The first-order valence-corrected chi connectivity index (χ1v) is 5.80. The summed E-state index contributed by atoms with van der Waals surface area (Å²) in [7, 11) is 2.16. The number of aromatic nitrogens is 1. The van der Waals surface area contributed by atoms with Crippen LogP contribution in [0.2, 0.25) is 0 Å². The van der Waals surface area contributed by atoms with E-state index in [9.17, 15) is 0 Å². The summed E-state index contributed by atoms with van der Waals surface area (Å²) in [5.74, 6) is 1.09. The highest BCUT2D eigenvalue weighted by Gasteiger charge is 2.15. The Kier molecular flexibility index (Phi) is 3.41. The summed E-state index contributed by atoms with van der Waals surface area (Å²) in [6.07, 6.45) is 1.91. The third-order valence-corrected chi connectivity index (χ3v) is 3.25. The van der Waals surface area contributed by atoms with E-state index < -0.39 is 0 Å². The van der Waals surface area contributed by atoms with Gasteiger partial charge in [-0.3, -0.25) is 0 Å². The summed E-state index contributed by atoms with van der Waals surface area (Å²) in [5, 5.41) is 0. The fourth-order valence-electron chi connectivity index (χ4n) is 1.99. The average molecular weight is 220 g/mol. The van der Waals surface area contributed by atoms with Crippen molar-refractivity contribution in [2.24, 2.45) is 5.73 Å². The monoisotopic (exact) mass is 220 g/mol. The van der Waals surface area contributed by atoms with E-state index >= 15 is 0 Å². The minimum atomic E-state index is 0.571. The molecular weight excluding hydrogens is 200 g/mol. The number of nitrogens with zero attached hydrogens (tertiary/aromatic N) is 3. The number of rotatable bonds is 2. The van der Waals surface area contributed by atoms with Gasteiger partial charge in [0, 0.05) is 38.9 Å². The van der Waals surface area contributed by atoms with E-state index in [0.717, 1.165) is 37.6 Å². The van der Waals surface area contributed by atoms with E-state index in [0.29, 0.717) is 6.54 Å². The summed E-state index contributed by atoms with van der Waals surface area (Å²) >= 11 is 0. The molecule has 0 atom stereocenters. The standard InChI is InChI=1S/C12H20N4/c1-10-7-12(14-9-11(10)8-13)16-5-3-15(2)4-6-16/h7,9H,3-6,8,13H2,1-2H3. The molecule has 0 radical (unpaired) electrons. The van der Waals surface area contributed by atoms with Gasteiger partial charge in [0.2, 0.25) is 0 Å². The zero-order valence-corrected chi connectivity index (χ0v) is 10.1. The van der Waals surface area contributed by atoms with E-state index in [-0.39, 0.29) is 0 Å². The molecule has 1 saturated heterocycles. The third kappa shape index (κ3) is 2.33. The van der Waals surface area contributed by atoms with Crippen molar-refractivity contribution < 1.29 is 0 Å². The van der Waals surface area contributed by atoms with Crippen molar-refractivity contribution in [2.45, 2.75) is 13.5 Å². The molecule has 88 valence electrons. The van der Waals surface area contributed by atoms with Crippen LogP contribution >= 0.6 is 0 Å². The zero-order valence-electron chi connectivity index (χ0n) is 10.1. The van der Waals surface area contributed by atoms with Crippen LogP contribution in [0.4, 0.5) is 5.82 Å². The van der Waals surface area contributed by atoms with E-state index in [2.05, 4.69) is 34.8 Å². The molecule has 4 nitrogen and oxygen atoms in total. The van der Waals surface area contributed by atoms with E-state index in [1.54, 1.807) is 0 Å². The Hall–Kier alpha value is -1.13. The first-order valence-electron chi connectivity index (χ1n) is 5.80. The van der Waals surface area contributed by atoms with Gasteiger partial charge in [0.15, 0.2) is 0 Å². The molecule has 0 unspecified atom stereocenters. The van der Waals surface area contributed by atoms with Crippen LogP contribution in [-0.2, 0) is 6.54 Å². The predicted molar refractivity (Wildman–Crippen MR) is 66.6 cm³/mol. The molecule has 0 amide bonds. The number of hydrogen-bond donors (Lipinski definition) is 1. The van der Waals surface area contributed by atoms with Crippen molar-refractivity contribution in [1.82, 2.24) is 9.88 Å². The molecule has 0 saturated carbocycles. The Bertz CT molecular complexity index is 356. The van der Waals surface area contributed by atoms with E-state index in [1.165, 1.54) is 5.56 Å². The molecule has 0 aliphatic carbocycles. The number of hydrogen-bond acceptors (Lipinski definition) is 4. The summed E-state index contributed by atoms with van der Waals surface area (Å²) in [4.78, 5) is 9.17. The second kappa shape index (κ2) is 4.80. The van der Waals surface area contributed by atoms with Gasteiger partial charge in [-0.2, -0.15) is 0 Å². The second-order valence-corrected chi connectivity index (χ2v) is 4.46. The molecule has 16 heavy (non-hydrogen) atoms. The van der Waals surface area contributed by atoms with Gasteiger partial charge >= 0.3 is 0 Å². The predicted octanol–water partition coefficient (Wildman–Crippen LogP) is 0.601. The fraction of sp³-hybridized carbons (Fsp3) is 0.583. The lowest BCUT2D eigenvalue weighted by Crippen LogP contribution is -2.44. The zero-order chi connectivity index (χ0) is 11.5. The number of nitrogens with two attached hydrogens (primary N) is 1. The molecule has 2 N–H and O–H groups in total. The van der Waals surface area contributed by atoms with Crippen molar-refractivity contribution in [2.75, 3.05) is 38.1 Å². The summed E-state index contributed by atoms with van der Waals surface area (Å²) in [5.41, 5.74) is 8.02. The topological polar surface area (TPSA) is 45.4 Å². The van der Waals surface area contributed by atoms with Crippen LogP contribution < -0.4 is 10.6 Å². The normalized spacial score (nSPS) is 17.8. The van der Waals surface area contributed by atoms with Crippen LogP contribution in [0.15, 0.2) is 12.3 Å². The van der Waals surface area contributed by atoms with Crippen molar-refractivity contribution in [3.63, 3.8) is 0 Å². The highest BCUT2D eigenvalue weighted by Crippen LogP contribution is 2.16. The fourth-order valence-corrected chi connectivity index (χ4v) is 1.99. The van der Waals surface area contributed by atoms with Crippen molar-refractivity contribution >= 4 is 5.82 Å². The highest BCUT2D eigenvalue weighted by atomic mass is 15.3. The van der Waals surface area contributed by atoms with Crippen LogP contribution in [0.1, 0.15) is 11.1 Å². The summed E-state index contributed by atoms with van der Waals surface area (Å²) in [6.45, 7) is 7.01. The molecule has 1 aromatic heterocycles. The van der Waals surface area contributed by atoms with Crippen molar-refractivity contribution in [1.29, 1.82) is 0 Å². The maximum Gasteiger partial charge on any atom is 0.128 e. The summed E-state index contributed by atoms with van der Waals surface area (Å²) < 4.78 is 0. The van der Waals surface area contributed by atoms with Gasteiger partial charge in [0.05, 0.1) is 0 Å². The van der Waals surface area contributed by atoms with Crippen molar-refractivity contribution in [3.05, 3.63) is 23.4 Å². The lowest BCUT2D eigenvalue weighted by atomic mass is 10.1. The first-order chi connectivity index (χ1) is 7.70. The maximum absolute atomic E-state index is 5.64. The molecule has 1 aliphatic rings. The molecule has 1 fully saturated rings. The molecule has 1 aromatic rings. The average Bonchev–Trinajstić information content (AvgIpc) is 2.30. The molecule has 2 rings (SSSR count). The molecule has 1 aliphatic heterocycles. The SMILES string of the molecule is Cc1cc(N2CCN(C)CC2)ncc1CN. The van der Waals surface area contributed by atoms with E-state index in [4.69, 9.17) is 5.73 Å². The molecule has 0 aromatic carbocycles. The number of likely N-dealkylation sites (N-methyl/N-ethyl adjacent to an activating group) is 1. The minimum absolute atomic E-state index is 0.571. The lowest BCUT2D eigenvalue weighted by molar-refractivity contribution is 0.312. The van der Waals surface area contributed by atoms with Gasteiger partial charge in [0.25, 0.3) is 0 Å². The quantitative estimate of drug-likeness (QED) is 0.793. The Labute approximate surface area is 97.1 Å². The van der Waals surface area contributed by atoms with Crippen LogP contribution in [0.3, 0.4) is 0 Å². The van der Waals surface area contributed by atoms with Gasteiger partial charge < -0.3 is 15.5 Å². The number of pyridine rings is 1. The molecular formula is C12H20N4. The molecule has 0 spiro atoms. The van der Waals surface area contributed by atoms with E-state index in [1.807, 2.05) is 6.20 Å². The maximum atomic E-state index is 5.64. The number of aryl methyl sites for hydroxylation is 1. The first kappa shape index (κ1) is 11.4. The largest absolute Gasteiger partial charge is 0.354 e. The number of anilines is 1. The van der Waals surface area contributed by atoms with Gasteiger partial charge in [-0.25, -0.2) is 4.98 Å². The number of piperazine rings is 1. The van der Waals surface area contributed by atoms with Gasteiger partial charge in [-0.1, -0.05) is 0 Å². The van der Waals surface area contributed by atoms with Crippen LogP contribution in [0.5, 0.6) is 0 Å². The lowest BCUT2D eigenvalue weighted by Gasteiger charge is -2.33. The smallest absolute Gasteiger partial charge is 0.128 e. The molecule has 4 heteroatoms. The van der Waals surface area contributed by atoms with Crippen LogP contribution in [0, 0.1) is 6.92 Å². The van der Waals surface area contributed by atoms with Gasteiger partial charge in [-0.05, 0) is 31.2 Å². The summed E-state index contributed by atoms with van der Waals surface area (Å²) in [6, 6.07) is 2.15. The van der Waals surface area contributed by atoms with Gasteiger partial charge in [0.1, 0.15) is 5.82 Å². The van der Waals surface area contributed by atoms with Crippen molar-refractivity contribution in [3.8, 4) is 0 Å². The third-order valence-electron chi connectivity index (χ3n) is 3.25. The Morgan fingerprint density at radius 3 is 2.56 bits per heavy atom.